The van der Waals surface area contributed by atoms with Crippen molar-refractivity contribution in [1.82, 2.24) is 30.4 Å². The summed E-state index contributed by atoms with van der Waals surface area (Å²) in [5.41, 5.74) is 0.769. The number of ether oxygens (including phenoxy) is 2. The predicted molar refractivity (Wildman–Crippen MR) is 195 cm³/mol. The molecule has 3 fully saturated rings. The Labute approximate surface area is 319 Å². The van der Waals surface area contributed by atoms with Gasteiger partial charge in [0.2, 0.25) is 5.60 Å². The van der Waals surface area contributed by atoms with Crippen molar-refractivity contribution < 1.29 is 51.3 Å². The number of amides is 5. The van der Waals surface area contributed by atoms with Crippen LogP contribution in [0.2, 0.25) is 0 Å². The molecule has 19 nitrogen and oxygen atoms in total. The van der Waals surface area contributed by atoms with E-state index in [1.54, 1.807) is 20.8 Å². The average Bonchev–Trinajstić information content (AvgIpc) is 3.79. The largest absolute Gasteiger partial charge is 0.450 e. The Hall–Kier alpha value is -5.64. The highest BCUT2D eigenvalue weighted by Gasteiger charge is 2.57. The predicted octanol–water partition coefficient (Wildman–Crippen LogP) is 2.10. The molecule has 1 aliphatic carbocycles. The highest BCUT2D eigenvalue weighted by Crippen LogP contribution is 2.43. The van der Waals surface area contributed by atoms with Gasteiger partial charge in [0.05, 0.1) is 6.04 Å². The third-order valence-corrected chi connectivity index (χ3v) is 10.1. The molecule has 292 valence electrons. The Balaban J connectivity index is 1.26. The molecule has 3 aliphatic rings. The molecular weight excluding hydrogens is 761 g/mol. The third kappa shape index (κ3) is 9.36. The molecule has 0 unspecified atom stereocenters. The van der Waals surface area contributed by atoms with Crippen molar-refractivity contribution >= 4 is 62.4 Å². The summed E-state index contributed by atoms with van der Waals surface area (Å²) in [6.07, 6.45) is -1.25. The number of β-lactam (4-membered cyclic amide) rings is 1. The molecule has 3 heterocycles. The van der Waals surface area contributed by atoms with Gasteiger partial charge in [-0.1, -0.05) is 65.8 Å². The van der Waals surface area contributed by atoms with Gasteiger partial charge in [-0.15, -0.1) is 11.3 Å². The summed E-state index contributed by atoms with van der Waals surface area (Å²) in [7, 11) is -5.06. The molecule has 2 atom stereocenters. The topological polar surface area (TPSA) is 247 Å². The molecule has 3 aromatic rings. The monoisotopic (exact) mass is 798 g/mol. The number of carbonyl (C=O) groups excluding carboxylic acids is 5. The summed E-state index contributed by atoms with van der Waals surface area (Å²) in [6, 6.07) is 14.7. The molecule has 1 aromatic heterocycles. The summed E-state index contributed by atoms with van der Waals surface area (Å²) >= 11 is 0.904. The minimum Gasteiger partial charge on any atom is -0.450 e. The number of esters is 1. The maximum Gasteiger partial charge on any atom is 0.413 e. The van der Waals surface area contributed by atoms with E-state index in [2.05, 4.69) is 31.5 Å². The number of rotatable bonds is 13. The highest BCUT2D eigenvalue weighted by atomic mass is 32.2. The average molecular weight is 799 g/mol. The summed E-state index contributed by atoms with van der Waals surface area (Å²) in [5.74, 6) is -2.99. The van der Waals surface area contributed by atoms with Crippen molar-refractivity contribution in [1.29, 1.82) is 0 Å². The van der Waals surface area contributed by atoms with Gasteiger partial charge in [-0.05, 0) is 31.9 Å². The van der Waals surface area contributed by atoms with Gasteiger partial charge < -0.3 is 24.9 Å². The summed E-state index contributed by atoms with van der Waals surface area (Å²) in [4.78, 5) is 75.1. The molecular formula is C34H38N8O11S2. The number of anilines is 1. The van der Waals surface area contributed by atoms with Crippen LogP contribution in [-0.4, -0.2) is 106 Å². The molecule has 0 spiro atoms. The molecule has 2 aliphatic heterocycles. The van der Waals surface area contributed by atoms with Crippen molar-refractivity contribution in [2.75, 3.05) is 25.0 Å². The fourth-order valence-electron chi connectivity index (χ4n) is 5.67. The molecule has 5 amide bonds. The van der Waals surface area contributed by atoms with E-state index in [4.69, 9.17) is 14.3 Å². The van der Waals surface area contributed by atoms with Gasteiger partial charge in [-0.25, -0.2) is 28.7 Å². The Bertz CT molecular complexity index is 2050. The first-order chi connectivity index (χ1) is 26.0. The Morgan fingerprint density at radius 2 is 1.71 bits per heavy atom. The van der Waals surface area contributed by atoms with Crippen molar-refractivity contribution in [3.8, 4) is 0 Å². The van der Waals surface area contributed by atoms with E-state index in [-0.39, 0.29) is 47.6 Å². The fraction of sp³-hybridized carbons (Fsp3) is 0.382. The lowest BCUT2D eigenvalue weighted by Gasteiger charge is -2.46. The molecule has 0 bridgehead atoms. The van der Waals surface area contributed by atoms with Gasteiger partial charge in [0.25, 0.3) is 11.8 Å². The normalized spacial score (nSPS) is 19.7. The van der Waals surface area contributed by atoms with E-state index in [1.807, 2.05) is 60.7 Å². The number of benzene rings is 2. The van der Waals surface area contributed by atoms with E-state index in [0.717, 1.165) is 11.3 Å². The lowest BCUT2D eigenvalue weighted by molar-refractivity contribution is -0.164. The maximum absolute atomic E-state index is 14.0. The Morgan fingerprint density at radius 3 is 2.27 bits per heavy atom. The molecule has 2 saturated heterocycles. The Kier molecular flexibility index (Phi) is 11.1. The van der Waals surface area contributed by atoms with Gasteiger partial charge >= 0.3 is 28.4 Å². The van der Waals surface area contributed by atoms with E-state index in [0.29, 0.717) is 11.1 Å². The number of hydrazine groups is 1. The lowest BCUT2D eigenvalue weighted by Crippen LogP contribution is -2.75. The molecule has 2 aromatic carbocycles. The van der Waals surface area contributed by atoms with Crippen LogP contribution in [0.3, 0.4) is 0 Å². The van der Waals surface area contributed by atoms with E-state index >= 15 is 0 Å². The number of hydrogen-bond acceptors (Lipinski definition) is 14. The second-order valence-corrected chi connectivity index (χ2v) is 15.9. The van der Waals surface area contributed by atoms with Gasteiger partial charge in [-0.2, -0.15) is 8.42 Å². The van der Waals surface area contributed by atoms with Crippen LogP contribution in [0, 0.1) is 0 Å². The van der Waals surface area contributed by atoms with Crippen LogP contribution in [0.4, 0.5) is 14.7 Å². The summed E-state index contributed by atoms with van der Waals surface area (Å²) in [5, 5.41) is 14.1. The number of nitrogens with one attached hydrogen (secondary N) is 4. The maximum atomic E-state index is 14.0. The fourth-order valence-corrected chi connectivity index (χ4v) is 7.22. The van der Waals surface area contributed by atoms with Crippen LogP contribution in [0.5, 0.6) is 0 Å². The molecule has 21 heteroatoms. The van der Waals surface area contributed by atoms with Crippen LogP contribution >= 0.6 is 11.3 Å². The zero-order chi connectivity index (χ0) is 39.5. The highest BCUT2D eigenvalue weighted by molar-refractivity contribution is 7.84. The lowest BCUT2D eigenvalue weighted by atomic mass is 9.98. The van der Waals surface area contributed by atoms with E-state index in [1.165, 1.54) is 10.4 Å². The summed E-state index contributed by atoms with van der Waals surface area (Å²) in [6.45, 7) is 5.11. The third-order valence-electron chi connectivity index (χ3n) is 8.43. The first kappa shape index (κ1) is 39.1. The smallest absolute Gasteiger partial charge is 0.413 e. The molecule has 0 radical (unpaired) electrons. The van der Waals surface area contributed by atoms with E-state index < -0.39 is 75.3 Å². The minimum absolute atomic E-state index is 0.00320. The SMILES string of the molecule is CC(C)(C)OC(=O)Nc1nc(/C(=N\OC2(C(=O)OC(c3ccccc3)c3ccccc3)CC2)C(=O)N[C@@H]2C(=O)N(S(=O)(=O)O)[C@@H]2CN2CCNC(=O)N2)cs1. The quantitative estimate of drug-likeness (QED) is 0.0548. The van der Waals surface area contributed by atoms with Crippen molar-refractivity contribution in [3.05, 3.63) is 82.9 Å². The first-order valence-corrected chi connectivity index (χ1v) is 19.2. The second-order valence-electron chi connectivity index (χ2n) is 13.7. The van der Waals surface area contributed by atoms with Crippen molar-refractivity contribution in [2.24, 2.45) is 5.16 Å². The number of carbonyl (C=O) groups is 5. The van der Waals surface area contributed by atoms with Crippen LogP contribution in [0.1, 0.15) is 56.5 Å². The molecule has 6 rings (SSSR count). The van der Waals surface area contributed by atoms with Gasteiger partial charge in [0, 0.05) is 37.9 Å². The number of hydrogen-bond donors (Lipinski definition) is 5. The van der Waals surface area contributed by atoms with Crippen LogP contribution in [0.15, 0.2) is 71.2 Å². The zero-order valence-electron chi connectivity index (χ0n) is 29.8. The number of thiazole rings is 1. The van der Waals surface area contributed by atoms with Crippen LogP contribution in [0.25, 0.3) is 0 Å². The number of oxime groups is 1. The van der Waals surface area contributed by atoms with Gasteiger partial charge in [-0.3, -0.25) is 24.9 Å². The van der Waals surface area contributed by atoms with Gasteiger partial charge in [0.15, 0.2) is 16.9 Å². The number of nitrogens with zero attached hydrogens (tertiary/aromatic N) is 4. The molecule has 1 saturated carbocycles. The second kappa shape index (κ2) is 15.6. The Morgan fingerprint density at radius 1 is 1.07 bits per heavy atom. The van der Waals surface area contributed by atoms with Crippen molar-refractivity contribution in [3.63, 3.8) is 0 Å². The van der Waals surface area contributed by atoms with Crippen LogP contribution in [-0.2, 0) is 39.0 Å². The van der Waals surface area contributed by atoms with E-state index in [9.17, 15) is 36.9 Å². The molecule has 55 heavy (non-hydrogen) atoms. The van der Waals surface area contributed by atoms with Crippen LogP contribution < -0.4 is 21.4 Å². The number of urea groups is 1. The zero-order valence-corrected chi connectivity index (χ0v) is 31.4. The minimum atomic E-state index is -5.06. The summed E-state index contributed by atoms with van der Waals surface area (Å²) < 4.78 is 45.5. The molecule has 5 N–H and O–H groups in total. The standard InChI is InChI=1S/C34H38N8O11S2/c1-33(2,3)52-32(47)38-31-36-22(19-54-31)24(27(43)37-25-23(42(28(25)44)55(48,49)50)18-41-17-16-35-30(46)39-41)40-53-34(14-15-34)29(45)51-26(20-10-6-4-7-11-20)21-12-8-5-9-13-21/h4-13,19,23,25-26H,14-18H2,1-3H3,(H,37,43)(H2,35,39,46)(H,36,38,47)(H,48,49,50)/b40-24+/t23-,25+/m1/s1. The van der Waals surface area contributed by atoms with Crippen molar-refractivity contribution in [2.45, 2.75) is 63.0 Å². The van der Waals surface area contributed by atoms with Gasteiger partial charge in [0.1, 0.15) is 17.3 Å². The first-order valence-electron chi connectivity index (χ1n) is 17.0. The number of aromatic nitrogens is 1.